The Balaban J connectivity index is 1.62. The normalized spacial score (nSPS) is 17.7. The summed E-state index contributed by atoms with van der Waals surface area (Å²) in [6, 6.07) is 4.38. The van der Waals surface area contributed by atoms with Crippen LogP contribution < -0.4 is 10.2 Å². The number of nitrogens with zero attached hydrogens (tertiary/aromatic N) is 2. The summed E-state index contributed by atoms with van der Waals surface area (Å²) in [6.45, 7) is 3.07. The summed E-state index contributed by atoms with van der Waals surface area (Å²) < 4.78 is 5.00. The highest BCUT2D eigenvalue weighted by molar-refractivity contribution is 5.93. The number of nitro groups is 1. The van der Waals surface area contributed by atoms with E-state index in [1.807, 2.05) is 11.8 Å². The molecule has 1 heterocycles. The first-order valence-electron chi connectivity index (χ1n) is 8.95. The van der Waals surface area contributed by atoms with Crippen LogP contribution in [0.2, 0.25) is 0 Å². The third-order valence-electron chi connectivity index (χ3n) is 4.91. The second-order valence-electron chi connectivity index (χ2n) is 6.92. The van der Waals surface area contributed by atoms with Crippen molar-refractivity contribution in [3.63, 3.8) is 0 Å². The predicted octanol–water partition coefficient (Wildman–Crippen LogP) is 2.27. The lowest BCUT2D eigenvalue weighted by atomic mass is 10.1. The van der Waals surface area contributed by atoms with Gasteiger partial charge in [0.05, 0.1) is 10.5 Å². The minimum Gasteiger partial charge on any atom is -0.452 e. The highest BCUT2D eigenvalue weighted by Gasteiger charge is 2.29. The van der Waals surface area contributed by atoms with Crippen molar-refractivity contribution in [2.75, 3.05) is 24.6 Å². The molecule has 8 heteroatoms. The smallest absolute Gasteiger partial charge is 0.338 e. The lowest BCUT2D eigenvalue weighted by molar-refractivity contribution is -0.384. The van der Waals surface area contributed by atoms with Gasteiger partial charge in [-0.15, -0.1) is 0 Å². The molecule has 140 valence electrons. The van der Waals surface area contributed by atoms with Crippen molar-refractivity contribution in [2.24, 2.45) is 5.92 Å². The molecule has 1 atom stereocenters. The number of amides is 1. The molecule has 1 aromatic carbocycles. The first-order valence-corrected chi connectivity index (χ1v) is 8.95. The van der Waals surface area contributed by atoms with Crippen LogP contribution >= 0.6 is 0 Å². The van der Waals surface area contributed by atoms with Crippen LogP contribution in [0.3, 0.4) is 0 Å². The number of hydrogen-bond acceptors (Lipinski definition) is 6. The van der Waals surface area contributed by atoms with E-state index >= 15 is 0 Å². The Hall–Kier alpha value is -2.64. The first kappa shape index (κ1) is 18.2. The van der Waals surface area contributed by atoms with Crippen LogP contribution in [0.5, 0.6) is 0 Å². The summed E-state index contributed by atoms with van der Waals surface area (Å²) in [5, 5.41) is 14.2. The number of rotatable bonds is 7. The number of nitrogens with one attached hydrogen (secondary N) is 1. The van der Waals surface area contributed by atoms with E-state index in [0.717, 1.165) is 38.8 Å². The van der Waals surface area contributed by atoms with E-state index in [4.69, 9.17) is 4.74 Å². The van der Waals surface area contributed by atoms with Crippen molar-refractivity contribution >= 4 is 23.3 Å². The molecule has 1 saturated heterocycles. The van der Waals surface area contributed by atoms with Crippen LogP contribution in [-0.4, -0.2) is 42.5 Å². The zero-order chi connectivity index (χ0) is 18.7. The van der Waals surface area contributed by atoms with Gasteiger partial charge in [0.1, 0.15) is 5.69 Å². The summed E-state index contributed by atoms with van der Waals surface area (Å²) in [4.78, 5) is 36.8. The Bertz CT molecular complexity index is 711. The second kappa shape index (κ2) is 7.72. The van der Waals surface area contributed by atoms with Gasteiger partial charge in [0.25, 0.3) is 11.6 Å². The number of carbonyl (C=O) groups is 2. The molecule has 1 N–H and O–H groups in total. The highest BCUT2D eigenvalue weighted by atomic mass is 16.6. The molecule has 0 unspecified atom stereocenters. The topological polar surface area (TPSA) is 102 Å². The molecular formula is C18H23N3O5. The molecule has 1 aromatic rings. The van der Waals surface area contributed by atoms with Gasteiger partial charge in [-0.3, -0.25) is 14.9 Å². The van der Waals surface area contributed by atoms with E-state index in [0.29, 0.717) is 11.6 Å². The van der Waals surface area contributed by atoms with Crippen molar-refractivity contribution in [3.8, 4) is 0 Å². The molecule has 0 radical (unpaired) electrons. The fourth-order valence-electron chi connectivity index (χ4n) is 3.25. The summed E-state index contributed by atoms with van der Waals surface area (Å²) in [6.07, 6.45) is 4.20. The molecule has 1 aliphatic heterocycles. The summed E-state index contributed by atoms with van der Waals surface area (Å²) in [7, 11) is 0. The number of carbonyl (C=O) groups excluding carboxylic acids is 2. The van der Waals surface area contributed by atoms with Crippen molar-refractivity contribution in [3.05, 3.63) is 33.9 Å². The van der Waals surface area contributed by atoms with Crippen LogP contribution in [-0.2, 0) is 9.53 Å². The molecule has 0 aromatic heterocycles. The van der Waals surface area contributed by atoms with Gasteiger partial charge >= 0.3 is 5.97 Å². The van der Waals surface area contributed by atoms with Gasteiger partial charge in [-0.2, -0.15) is 0 Å². The standard InChI is InChI=1S/C18H23N3O5/c1-12(13-4-5-13)19-17(22)11-26-18(23)14-6-7-15(16(10-14)21(24)25)20-8-2-3-9-20/h6-7,10,12-13H,2-5,8-9,11H2,1H3,(H,19,22)/t12-/m0/s1. The first-order chi connectivity index (χ1) is 12.5. The number of hydrogen-bond donors (Lipinski definition) is 1. The van der Waals surface area contributed by atoms with Gasteiger partial charge in [0.15, 0.2) is 6.61 Å². The fraction of sp³-hybridized carbons (Fsp3) is 0.556. The molecular weight excluding hydrogens is 338 g/mol. The Labute approximate surface area is 151 Å². The van der Waals surface area contributed by atoms with Crippen LogP contribution in [0.25, 0.3) is 0 Å². The van der Waals surface area contributed by atoms with E-state index in [1.54, 1.807) is 6.07 Å². The SMILES string of the molecule is C[C@H](NC(=O)COC(=O)c1ccc(N2CCCC2)c([N+](=O)[O-])c1)C1CC1. The van der Waals surface area contributed by atoms with Gasteiger partial charge < -0.3 is 15.0 Å². The summed E-state index contributed by atoms with van der Waals surface area (Å²) >= 11 is 0. The molecule has 26 heavy (non-hydrogen) atoms. The third-order valence-corrected chi connectivity index (χ3v) is 4.91. The van der Waals surface area contributed by atoms with Crippen molar-refractivity contribution < 1.29 is 19.2 Å². The molecule has 3 rings (SSSR count). The van der Waals surface area contributed by atoms with Crippen molar-refractivity contribution in [2.45, 2.75) is 38.6 Å². The molecule has 1 aliphatic carbocycles. The summed E-state index contributed by atoms with van der Waals surface area (Å²) in [5.74, 6) is -0.591. The Morgan fingerprint density at radius 2 is 2.04 bits per heavy atom. The average Bonchev–Trinajstić information content (AvgIpc) is 3.34. The number of anilines is 1. The number of ether oxygens (including phenoxy) is 1. The van der Waals surface area contributed by atoms with Crippen LogP contribution in [0, 0.1) is 16.0 Å². The van der Waals surface area contributed by atoms with E-state index in [2.05, 4.69) is 5.32 Å². The van der Waals surface area contributed by atoms with E-state index in [-0.39, 0.29) is 23.2 Å². The maximum Gasteiger partial charge on any atom is 0.338 e. The quantitative estimate of drug-likeness (QED) is 0.454. The minimum atomic E-state index is -0.740. The van der Waals surface area contributed by atoms with Gasteiger partial charge in [-0.05, 0) is 50.7 Å². The Morgan fingerprint density at radius 3 is 2.65 bits per heavy atom. The lowest BCUT2D eigenvalue weighted by Crippen LogP contribution is -2.37. The van der Waals surface area contributed by atoms with Crippen LogP contribution in [0.4, 0.5) is 11.4 Å². The lowest BCUT2D eigenvalue weighted by Gasteiger charge is -2.17. The van der Waals surface area contributed by atoms with E-state index in [1.165, 1.54) is 12.1 Å². The molecule has 1 amide bonds. The average molecular weight is 361 g/mol. The fourth-order valence-corrected chi connectivity index (χ4v) is 3.25. The number of benzene rings is 1. The zero-order valence-corrected chi connectivity index (χ0v) is 14.8. The number of nitro benzene ring substituents is 1. The Morgan fingerprint density at radius 1 is 1.35 bits per heavy atom. The maximum atomic E-state index is 12.2. The predicted molar refractivity (Wildman–Crippen MR) is 95.2 cm³/mol. The monoisotopic (exact) mass is 361 g/mol. The van der Waals surface area contributed by atoms with Crippen molar-refractivity contribution in [1.29, 1.82) is 0 Å². The molecule has 0 bridgehead atoms. The second-order valence-corrected chi connectivity index (χ2v) is 6.92. The summed E-state index contributed by atoms with van der Waals surface area (Å²) in [5.41, 5.74) is 0.468. The molecule has 0 spiro atoms. The van der Waals surface area contributed by atoms with Gasteiger partial charge in [0, 0.05) is 25.2 Å². The minimum absolute atomic E-state index is 0.0713. The zero-order valence-electron chi connectivity index (χ0n) is 14.8. The van der Waals surface area contributed by atoms with Crippen LogP contribution in [0.15, 0.2) is 18.2 Å². The van der Waals surface area contributed by atoms with Gasteiger partial charge in [0.2, 0.25) is 0 Å². The number of esters is 1. The van der Waals surface area contributed by atoms with Gasteiger partial charge in [-0.25, -0.2) is 4.79 Å². The van der Waals surface area contributed by atoms with E-state index < -0.39 is 17.5 Å². The van der Waals surface area contributed by atoms with E-state index in [9.17, 15) is 19.7 Å². The molecule has 1 saturated carbocycles. The van der Waals surface area contributed by atoms with Crippen LogP contribution in [0.1, 0.15) is 43.0 Å². The molecule has 8 nitrogen and oxygen atoms in total. The third kappa shape index (κ3) is 4.30. The Kier molecular flexibility index (Phi) is 5.39. The van der Waals surface area contributed by atoms with Gasteiger partial charge in [-0.1, -0.05) is 0 Å². The van der Waals surface area contributed by atoms with Crippen molar-refractivity contribution in [1.82, 2.24) is 5.32 Å². The highest BCUT2D eigenvalue weighted by Crippen LogP contribution is 2.33. The molecule has 2 aliphatic rings. The largest absolute Gasteiger partial charge is 0.452 e. The maximum absolute atomic E-state index is 12.2. The molecule has 2 fully saturated rings.